The lowest BCUT2D eigenvalue weighted by Crippen LogP contribution is -1.96. The summed E-state index contributed by atoms with van der Waals surface area (Å²) in [4.78, 5) is 4.55. The van der Waals surface area contributed by atoms with Gasteiger partial charge in [-0.15, -0.1) is 0 Å². The number of rotatable bonds is 3. The van der Waals surface area contributed by atoms with E-state index in [1.165, 1.54) is 10.8 Å². The number of nitrogens with zero attached hydrogens (tertiary/aromatic N) is 1. The summed E-state index contributed by atoms with van der Waals surface area (Å²) in [6, 6.07) is 18.5. The van der Waals surface area contributed by atoms with Gasteiger partial charge >= 0.3 is 0 Å². The first-order valence-electron chi connectivity index (χ1n) is 7.39. The molecule has 0 fully saturated rings. The van der Waals surface area contributed by atoms with Gasteiger partial charge in [0.25, 0.3) is 0 Å². The number of aromatic nitrogens is 1. The van der Waals surface area contributed by atoms with Crippen LogP contribution in [0.3, 0.4) is 0 Å². The molecule has 1 aromatic heterocycles. The Labute approximate surface area is 130 Å². The van der Waals surface area contributed by atoms with Crippen molar-refractivity contribution >= 4 is 10.8 Å². The van der Waals surface area contributed by atoms with Crippen LogP contribution in [0.1, 0.15) is 23.2 Å². The van der Waals surface area contributed by atoms with Crippen molar-refractivity contribution in [1.82, 2.24) is 4.98 Å². The van der Waals surface area contributed by atoms with E-state index in [9.17, 15) is 0 Å². The summed E-state index contributed by atoms with van der Waals surface area (Å²) in [6.07, 6.45) is 3.11. The molecule has 2 heteroatoms. The van der Waals surface area contributed by atoms with Crippen LogP contribution in [-0.2, 0) is 6.42 Å². The van der Waals surface area contributed by atoms with Gasteiger partial charge in [-0.2, -0.15) is 0 Å². The second kappa shape index (κ2) is 6.89. The molecule has 2 nitrogen and oxygen atoms in total. The summed E-state index contributed by atoms with van der Waals surface area (Å²) in [7, 11) is 0. The second-order valence-electron chi connectivity index (χ2n) is 5.09. The minimum atomic E-state index is 0.0973. The van der Waals surface area contributed by atoms with Crippen LogP contribution in [0.4, 0.5) is 0 Å². The third kappa shape index (κ3) is 3.16. The Kier molecular flexibility index (Phi) is 4.48. The van der Waals surface area contributed by atoms with Gasteiger partial charge in [-0.3, -0.25) is 4.98 Å². The quantitative estimate of drug-likeness (QED) is 0.747. The molecule has 0 saturated carbocycles. The van der Waals surface area contributed by atoms with E-state index >= 15 is 0 Å². The van der Waals surface area contributed by atoms with Gasteiger partial charge in [0, 0.05) is 30.0 Å². The van der Waals surface area contributed by atoms with Crippen LogP contribution in [-0.4, -0.2) is 16.7 Å². The molecule has 3 rings (SSSR count). The van der Waals surface area contributed by atoms with Crippen molar-refractivity contribution in [2.24, 2.45) is 0 Å². The number of pyridine rings is 1. The summed E-state index contributed by atoms with van der Waals surface area (Å²) in [6.45, 7) is 0.0973. The maximum Gasteiger partial charge on any atom is 0.0540 e. The monoisotopic (exact) mass is 287 g/mol. The number of aliphatic hydroxyl groups is 1. The molecule has 0 bridgehead atoms. The Hall–Kier alpha value is -2.63. The molecule has 1 heterocycles. The fourth-order valence-electron chi connectivity index (χ4n) is 2.51. The van der Waals surface area contributed by atoms with Crippen molar-refractivity contribution in [2.75, 3.05) is 6.61 Å². The maximum absolute atomic E-state index is 8.85. The second-order valence-corrected chi connectivity index (χ2v) is 5.09. The number of benzene rings is 2. The third-order valence-corrected chi connectivity index (χ3v) is 3.59. The van der Waals surface area contributed by atoms with Crippen LogP contribution >= 0.6 is 0 Å². The zero-order valence-corrected chi connectivity index (χ0v) is 12.3. The lowest BCUT2D eigenvalue weighted by Gasteiger charge is -2.07. The SMILES string of the molecule is OCCC#Cc1ccccc1Cc1nccc2ccccc12. The Bertz CT molecular complexity index is 837. The van der Waals surface area contributed by atoms with E-state index in [1.807, 2.05) is 42.6 Å². The lowest BCUT2D eigenvalue weighted by molar-refractivity contribution is 0.305. The predicted octanol–water partition coefficient (Wildman–Crippen LogP) is 3.56. The average Bonchev–Trinajstić information content (AvgIpc) is 2.57. The Morgan fingerprint density at radius 2 is 1.77 bits per heavy atom. The van der Waals surface area contributed by atoms with Crippen LogP contribution in [0, 0.1) is 11.8 Å². The van der Waals surface area contributed by atoms with Gasteiger partial charge < -0.3 is 5.11 Å². The highest BCUT2D eigenvalue weighted by atomic mass is 16.2. The van der Waals surface area contributed by atoms with Crippen LogP contribution in [0.2, 0.25) is 0 Å². The van der Waals surface area contributed by atoms with Crippen molar-refractivity contribution in [1.29, 1.82) is 0 Å². The fourth-order valence-corrected chi connectivity index (χ4v) is 2.51. The van der Waals surface area contributed by atoms with E-state index in [4.69, 9.17) is 5.11 Å². The molecular weight excluding hydrogens is 270 g/mol. The average molecular weight is 287 g/mol. The summed E-state index contributed by atoms with van der Waals surface area (Å²) < 4.78 is 0. The summed E-state index contributed by atoms with van der Waals surface area (Å²) in [5, 5.41) is 11.2. The van der Waals surface area contributed by atoms with Crippen molar-refractivity contribution in [3.63, 3.8) is 0 Å². The lowest BCUT2D eigenvalue weighted by atomic mass is 10.00. The maximum atomic E-state index is 8.85. The van der Waals surface area contributed by atoms with E-state index in [0.717, 1.165) is 23.2 Å². The van der Waals surface area contributed by atoms with Crippen molar-refractivity contribution in [3.8, 4) is 11.8 Å². The number of hydrogen-bond acceptors (Lipinski definition) is 2. The first-order chi connectivity index (χ1) is 10.9. The summed E-state index contributed by atoms with van der Waals surface area (Å²) in [5.41, 5.74) is 3.23. The van der Waals surface area contributed by atoms with Crippen molar-refractivity contribution < 1.29 is 5.11 Å². The zero-order chi connectivity index (χ0) is 15.2. The molecular formula is C20H17NO. The highest BCUT2D eigenvalue weighted by Gasteiger charge is 2.06. The molecule has 2 aromatic carbocycles. The minimum absolute atomic E-state index is 0.0973. The van der Waals surface area contributed by atoms with Crippen LogP contribution in [0.15, 0.2) is 60.8 Å². The Balaban J connectivity index is 1.98. The molecule has 0 aliphatic carbocycles. The van der Waals surface area contributed by atoms with Gasteiger partial charge in [0.05, 0.1) is 12.3 Å². The molecule has 1 N–H and O–H groups in total. The van der Waals surface area contributed by atoms with Gasteiger partial charge in [-0.25, -0.2) is 0 Å². The van der Waals surface area contributed by atoms with Crippen molar-refractivity contribution in [3.05, 3.63) is 77.6 Å². The summed E-state index contributed by atoms with van der Waals surface area (Å²) in [5.74, 6) is 6.14. The van der Waals surface area contributed by atoms with E-state index in [2.05, 4.69) is 35.0 Å². The molecule has 3 aromatic rings. The summed E-state index contributed by atoms with van der Waals surface area (Å²) >= 11 is 0. The first-order valence-corrected chi connectivity index (χ1v) is 7.39. The molecule has 22 heavy (non-hydrogen) atoms. The van der Waals surface area contributed by atoms with Gasteiger partial charge in [0.1, 0.15) is 0 Å². The molecule has 0 saturated heterocycles. The number of hydrogen-bond donors (Lipinski definition) is 1. The third-order valence-electron chi connectivity index (χ3n) is 3.59. The fraction of sp³-hybridized carbons (Fsp3) is 0.150. The van der Waals surface area contributed by atoms with Crippen LogP contribution < -0.4 is 0 Å². The van der Waals surface area contributed by atoms with Gasteiger partial charge in [0.2, 0.25) is 0 Å². The standard InChI is InChI=1S/C20H17NO/c22-14-6-5-8-16-7-1-2-10-18(16)15-20-19-11-4-3-9-17(19)12-13-21-20/h1-4,7,9-13,22H,6,14-15H2. The largest absolute Gasteiger partial charge is 0.395 e. The van der Waals surface area contributed by atoms with Gasteiger partial charge in [-0.05, 0) is 23.1 Å². The number of aliphatic hydroxyl groups excluding tert-OH is 1. The number of fused-ring (bicyclic) bond motifs is 1. The minimum Gasteiger partial charge on any atom is -0.395 e. The molecule has 0 radical (unpaired) electrons. The smallest absolute Gasteiger partial charge is 0.0540 e. The van der Waals surface area contributed by atoms with Crippen LogP contribution in [0.5, 0.6) is 0 Å². The Morgan fingerprint density at radius 3 is 2.68 bits per heavy atom. The Morgan fingerprint density at radius 1 is 0.955 bits per heavy atom. The normalized spacial score (nSPS) is 10.2. The highest BCUT2D eigenvalue weighted by Crippen LogP contribution is 2.20. The van der Waals surface area contributed by atoms with E-state index in [0.29, 0.717) is 6.42 Å². The van der Waals surface area contributed by atoms with E-state index < -0.39 is 0 Å². The highest BCUT2D eigenvalue weighted by molar-refractivity contribution is 5.84. The molecule has 0 aliphatic heterocycles. The topological polar surface area (TPSA) is 33.1 Å². The van der Waals surface area contributed by atoms with Gasteiger partial charge in [0.15, 0.2) is 0 Å². The zero-order valence-electron chi connectivity index (χ0n) is 12.3. The van der Waals surface area contributed by atoms with Crippen LogP contribution in [0.25, 0.3) is 10.8 Å². The molecule has 0 unspecified atom stereocenters. The molecule has 108 valence electrons. The molecule has 0 aliphatic rings. The van der Waals surface area contributed by atoms with E-state index in [1.54, 1.807) is 0 Å². The van der Waals surface area contributed by atoms with Gasteiger partial charge in [-0.1, -0.05) is 54.3 Å². The first kappa shape index (κ1) is 14.3. The predicted molar refractivity (Wildman–Crippen MR) is 89.6 cm³/mol. The molecule has 0 atom stereocenters. The van der Waals surface area contributed by atoms with E-state index in [-0.39, 0.29) is 6.61 Å². The molecule has 0 spiro atoms. The van der Waals surface area contributed by atoms with Crippen molar-refractivity contribution in [2.45, 2.75) is 12.8 Å². The molecule has 0 amide bonds.